The van der Waals surface area contributed by atoms with Gasteiger partial charge in [0.2, 0.25) is 10.0 Å². The topological polar surface area (TPSA) is 75.4 Å². The molecule has 0 spiro atoms. The van der Waals surface area contributed by atoms with E-state index in [4.69, 9.17) is 5.14 Å². The maximum atomic E-state index is 11.2. The normalized spacial score (nSPS) is 18.1. The van der Waals surface area contributed by atoms with Crippen molar-refractivity contribution in [1.82, 2.24) is 4.90 Å². The summed E-state index contributed by atoms with van der Waals surface area (Å²) in [7, 11) is -3.60. The molecule has 0 unspecified atom stereocenters. The highest BCUT2D eigenvalue weighted by molar-refractivity contribution is 7.89. The molecule has 0 saturated carbocycles. The molecule has 0 aliphatic carbocycles. The largest absolute Gasteiger partial charge is 0.382 e. The van der Waals surface area contributed by atoms with Gasteiger partial charge in [-0.2, -0.15) is 0 Å². The van der Waals surface area contributed by atoms with E-state index in [0.29, 0.717) is 6.04 Å². The van der Waals surface area contributed by atoms with Crippen molar-refractivity contribution < 1.29 is 8.42 Å². The molecular formula is C14H23N3O2S. The van der Waals surface area contributed by atoms with Gasteiger partial charge in [-0.1, -0.05) is 6.92 Å². The molecule has 0 radical (unpaired) electrons. The molecule has 1 saturated heterocycles. The van der Waals surface area contributed by atoms with Crippen molar-refractivity contribution in [2.45, 2.75) is 37.1 Å². The molecule has 1 aromatic carbocycles. The van der Waals surface area contributed by atoms with E-state index in [0.717, 1.165) is 31.6 Å². The minimum absolute atomic E-state index is 0.154. The third-order valence-corrected chi connectivity index (χ3v) is 4.61. The molecular weight excluding hydrogens is 274 g/mol. The number of rotatable bonds is 5. The zero-order chi connectivity index (χ0) is 14.6. The fourth-order valence-electron chi connectivity index (χ4n) is 2.59. The van der Waals surface area contributed by atoms with Crippen molar-refractivity contribution in [2.75, 3.05) is 25.0 Å². The molecule has 1 fully saturated rings. The van der Waals surface area contributed by atoms with E-state index in [1.165, 1.54) is 13.0 Å². The molecule has 1 aromatic rings. The van der Waals surface area contributed by atoms with Crippen molar-refractivity contribution >= 4 is 15.7 Å². The lowest BCUT2D eigenvalue weighted by Gasteiger charge is -2.32. The predicted octanol–water partition coefficient (Wildman–Crippen LogP) is 1.62. The van der Waals surface area contributed by atoms with Crippen LogP contribution in [0.25, 0.3) is 0 Å². The Morgan fingerprint density at radius 3 is 2.35 bits per heavy atom. The molecule has 0 bridgehead atoms. The van der Waals surface area contributed by atoms with Crippen LogP contribution in [0.15, 0.2) is 29.2 Å². The zero-order valence-corrected chi connectivity index (χ0v) is 12.7. The van der Waals surface area contributed by atoms with Gasteiger partial charge in [-0.15, -0.1) is 0 Å². The highest BCUT2D eigenvalue weighted by Gasteiger charge is 2.18. The van der Waals surface area contributed by atoms with E-state index in [1.54, 1.807) is 24.3 Å². The lowest BCUT2D eigenvalue weighted by molar-refractivity contribution is 0.219. The molecule has 6 heteroatoms. The van der Waals surface area contributed by atoms with Crippen molar-refractivity contribution in [1.29, 1.82) is 0 Å². The average Bonchev–Trinajstić information content (AvgIpc) is 2.41. The maximum Gasteiger partial charge on any atom is 0.238 e. The molecule has 3 N–H and O–H groups in total. The third-order valence-electron chi connectivity index (χ3n) is 3.68. The van der Waals surface area contributed by atoms with Crippen LogP contribution in [-0.2, 0) is 10.0 Å². The van der Waals surface area contributed by atoms with Gasteiger partial charge in [-0.25, -0.2) is 13.6 Å². The zero-order valence-electron chi connectivity index (χ0n) is 11.9. The minimum Gasteiger partial charge on any atom is -0.382 e. The van der Waals surface area contributed by atoms with Gasteiger partial charge in [0.15, 0.2) is 0 Å². The molecule has 112 valence electrons. The number of hydrogen-bond acceptors (Lipinski definition) is 4. The minimum atomic E-state index is -3.60. The summed E-state index contributed by atoms with van der Waals surface area (Å²) in [5.74, 6) is 0. The second-order valence-corrected chi connectivity index (χ2v) is 6.89. The second-order valence-electron chi connectivity index (χ2n) is 5.33. The Hall–Kier alpha value is -1.11. The second kappa shape index (κ2) is 6.56. The first-order valence-corrected chi connectivity index (χ1v) is 8.65. The Labute approximate surface area is 121 Å². The van der Waals surface area contributed by atoms with E-state index in [-0.39, 0.29) is 4.90 Å². The summed E-state index contributed by atoms with van der Waals surface area (Å²) in [6, 6.07) is 7.10. The number of piperidine rings is 1. The molecule has 0 amide bonds. The standard InChI is InChI=1S/C14H23N3O2S/c1-2-9-17-10-7-13(8-11-17)16-12-3-5-14(6-4-12)20(15,18)19/h3-6,13,16H,2,7-11H2,1H3,(H2,15,18,19). The molecule has 2 rings (SSSR count). The van der Waals surface area contributed by atoms with Gasteiger partial charge in [0.1, 0.15) is 0 Å². The number of sulfonamides is 1. The highest BCUT2D eigenvalue weighted by atomic mass is 32.2. The molecule has 1 aliphatic heterocycles. The number of anilines is 1. The SMILES string of the molecule is CCCN1CCC(Nc2ccc(S(N)(=O)=O)cc2)CC1. The van der Waals surface area contributed by atoms with E-state index in [2.05, 4.69) is 17.1 Å². The molecule has 0 aromatic heterocycles. The number of hydrogen-bond donors (Lipinski definition) is 2. The average molecular weight is 297 g/mol. The maximum absolute atomic E-state index is 11.2. The Bertz CT molecular complexity index is 520. The van der Waals surface area contributed by atoms with E-state index >= 15 is 0 Å². The van der Waals surface area contributed by atoms with Crippen LogP contribution in [0.3, 0.4) is 0 Å². The van der Waals surface area contributed by atoms with Gasteiger partial charge in [0.05, 0.1) is 4.90 Å². The number of primary sulfonamides is 1. The fourth-order valence-corrected chi connectivity index (χ4v) is 3.11. The van der Waals surface area contributed by atoms with Gasteiger partial charge in [0.25, 0.3) is 0 Å². The first kappa shape index (κ1) is 15.3. The Balaban J connectivity index is 1.89. The summed E-state index contributed by atoms with van der Waals surface area (Å²) in [6.07, 6.45) is 3.45. The van der Waals surface area contributed by atoms with Crippen molar-refractivity contribution in [3.8, 4) is 0 Å². The first-order valence-electron chi connectivity index (χ1n) is 7.11. The van der Waals surface area contributed by atoms with Crippen LogP contribution < -0.4 is 10.5 Å². The predicted molar refractivity (Wildman–Crippen MR) is 81.2 cm³/mol. The molecule has 1 aliphatic rings. The lowest BCUT2D eigenvalue weighted by Crippen LogP contribution is -2.39. The summed E-state index contributed by atoms with van der Waals surface area (Å²) in [6.45, 7) is 5.63. The van der Waals surface area contributed by atoms with E-state index in [9.17, 15) is 8.42 Å². The van der Waals surface area contributed by atoms with Crippen LogP contribution in [0.4, 0.5) is 5.69 Å². The summed E-state index contributed by atoms with van der Waals surface area (Å²) >= 11 is 0. The summed E-state index contributed by atoms with van der Waals surface area (Å²) < 4.78 is 22.4. The molecule has 5 nitrogen and oxygen atoms in total. The number of likely N-dealkylation sites (tertiary alicyclic amines) is 1. The van der Waals surface area contributed by atoms with Crippen LogP contribution in [0, 0.1) is 0 Å². The third kappa shape index (κ3) is 4.19. The van der Waals surface area contributed by atoms with Crippen molar-refractivity contribution in [2.24, 2.45) is 5.14 Å². The Kier molecular flexibility index (Phi) is 5.01. The van der Waals surface area contributed by atoms with Crippen molar-refractivity contribution in [3.63, 3.8) is 0 Å². The van der Waals surface area contributed by atoms with Gasteiger partial charge in [-0.3, -0.25) is 0 Å². The van der Waals surface area contributed by atoms with Gasteiger partial charge in [0, 0.05) is 24.8 Å². The summed E-state index contributed by atoms with van der Waals surface area (Å²) in [5.41, 5.74) is 0.950. The highest BCUT2D eigenvalue weighted by Crippen LogP contribution is 2.18. The van der Waals surface area contributed by atoms with Crippen LogP contribution in [-0.4, -0.2) is 39.0 Å². The van der Waals surface area contributed by atoms with E-state index < -0.39 is 10.0 Å². The summed E-state index contributed by atoms with van der Waals surface area (Å²) in [5, 5.41) is 8.54. The number of benzene rings is 1. The van der Waals surface area contributed by atoms with Crippen LogP contribution in [0.2, 0.25) is 0 Å². The summed E-state index contributed by atoms with van der Waals surface area (Å²) in [4.78, 5) is 2.64. The first-order chi connectivity index (χ1) is 9.49. The molecule has 0 atom stereocenters. The fraction of sp³-hybridized carbons (Fsp3) is 0.571. The van der Waals surface area contributed by atoms with Gasteiger partial charge < -0.3 is 10.2 Å². The molecule has 20 heavy (non-hydrogen) atoms. The van der Waals surface area contributed by atoms with Gasteiger partial charge >= 0.3 is 0 Å². The van der Waals surface area contributed by atoms with Crippen LogP contribution >= 0.6 is 0 Å². The number of nitrogens with one attached hydrogen (secondary N) is 1. The van der Waals surface area contributed by atoms with Crippen LogP contribution in [0.1, 0.15) is 26.2 Å². The van der Waals surface area contributed by atoms with Gasteiger partial charge in [-0.05, 0) is 50.1 Å². The van der Waals surface area contributed by atoms with Crippen molar-refractivity contribution in [3.05, 3.63) is 24.3 Å². The van der Waals surface area contributed by atoms with E-state index in [1.807, 2.05) is 0 Å². The Morgan fingerprint density at radius 1 is 1.25 bits per heavy atom. The number of nitrogens with zero attached hydrogens (tertiary/aromatic N) is 1. The van der Waals surface area contributed by atoms with Crippen LogP contribution in [0.5, 0.6) is 0 Å². The quantitative estimate of drug-likeness (QED) is 0.866. The monoisotopic (exact) mass is 297 g/mol. The smallest absolute Gasteiger partial charge is 0.238 e. The molecule has 1 heterocycles. The Morgan fingerprint density at radius 2 is 1.85 bits per heavy atom. The lowest BCUT2D eigenvalue weighted by atomic mass is 10.0. The number of nitrogens with two attached hydrogens (primary N) is 1.